The molecule has 1 aliphatic rings. The predicted molar refractivity (Wildman–Crippen MR) is 93.4 cm³/mol. The molecule has 112 valence electrons. The molecule has 1 heterocycles. The molecule has 6 heteroatoms. The molecule has 0 atom stereocenters. The lowest BCUT2D eigenvalue weighted by Crippen LogP contribution is -2.39. The lowest BCUT2D eigenvalue weighted by atomic mass is 10.1. The van der Waals surface area contributed by atoms with Gasteiger partial charge in [-0.15, -0.1) is 0 Å². The maximum atomic E-state index is 12.2. The zero-order chi connectivity index (χ0) is 15.4. The van der Waals surface area contributed by atoms with Crippen molar-refractivity contribution in [2.45, 2.75) is 11.3 Å². The molecule has 2 aromatic carbocycles. The molecule has 0 saturated heterocycles. The molecule has 2 aromatic rings. The second-order valence-corrected chi connectivity index (χ2v) is 6.43. The second kappa shape index (κ2) is 6.98. The van der Waals surface area contributed by atoms with Crippen LogP contribution in [-0.2, 0) is 11.2 Å². The molecule has 0 aromatic heterocycles. The summed E-state index contributed by atoms with van der Waals surface area (Å²) in [5, 5.41) is 2.89. The van der Waals surface area contributed by atoms with E-state index >= 15 is 0 Å². The molecular formula is C16H14BrN3OS. The summed E-state index contributed by atoms with van der Waals surface area (Å²) in [6.45, 7) is 0.564. The van der Waals surface area contributed by atoms with E-state index in [1.165, 1.54) is 17.5 Å². The fraction of sp³-hybridized carbons (Fsp3) is 0.125. The first kappa shape index (κ1) is 15.1. The largest absolute Gasteiger partial charge is 0.349 e. The van der Waals surface area contributed by atoms with Crippen LogP contribution in [0.25, 0.3) is 0 Å². The third-order valence-corrected chi connectivity index (χ3v) is 4.84. The van der Waals surface area contributed by atoms with Crippen molar-refractivity contribution in [2.75, 3.05) is 6.54 Å². The van der Waals surface area contributed by atoms with E-state index in [0.717, 1.165) is 21.5 Å². The minimum absolute atomic E-state index is 0.186. The molecule has 0 bridgehead atoms. The fourth-order valence-corrected chi connectivity index (χ4v) is 3.27. The third-order valence-electron chi connectivity index (χ3n) is 3.21. The van der Waals surface area contributed by atoms with Crippen molar-refractivity contribution in [3.8, 4) is 0 Å². The number of nitrogens with one attached hydrogen (secondary N) is 2. The van der Waals surface area contributed by atoms with Crippen LogP contribution in [0.15, 0.2) is 62.9 Å². The molecule has 22 heavy (non-hydrogen) atoms. The van der Waals surface area contributed by atoms with E-state index in [1.807, 2.05) is 48.5 Å². The molecule has 1 amide bonds. The SMILES string of the molecule is O=C(NCCc1ccccc1Br)C1=Nc2ccccc2SN1. The Morgan fingerprint density at radius 3 is 2.82 bits per heavy atom. The summed E-state index contributed by atoms with van der Waals surface area (Å²) in [4.78, 5) is 17.5. The zero-order valence-electron chi connectivity index (χ0n) is 11.7. The van der Waals surface area contributed by atoms with Crippen molar-refractivity contribution in [1.82, 2.24) is 10.0 Å². The number of rotatable bonds is 4. The lowest BCUT2D eigenvalue weighted by Gasteiger charge is -2.16. The first-order chi connectivity index (χ1) is 10.7. The van der Waals surface area contributed by atoms with Gasteiger partial charge in [0.05, 0.1) is 10.6 Å². The van der Waals surface area contributed by atoms with Crippen molar-refractivity contribution in [2.24, 2.45) is 4.99 Å². The van der Waals surface area contributed by atoms with E-state index in [2.05, 4.69) is 31.0 Å². The molecule has 0 unspecified atom stereocenters. The third kappa shape index (κ3) is 3.51. The lowest BCUT2D eigenvalue weighted by molar-refractivity contribution is -0.114. The van der Waals surface area contributed by atoms with Gasteiger partial charge in [0.15, 0.2) is 0 Å². The monoisotopic (exact) mass is 375 g/mol. The number of amidine groups is 1. The van der Waals surface area contributed by atoms with Crippen LogP contribution in [-0.4, -0.2) is 18.3 Å². The number of halogens is 1. The molecule has 0 radical (unpaired) electrons. The van der Waals surface area contributed by atoms with Crippen LogP contribution in [0.4, 0.5) is 5.69 Å². The number of carbonyl (C=O) groups is 1. The Hall–Kier alpha value is -1.79. The van der Waals surface area contributed by atoms with Crippen molar-refractivity contribution >= 4 is 45.3 Å². The number of carbonyl (C=O) groups excluding carboxylic acids is 1. The van der Waals surface area contributed by atoms with E-state index in [9.17, 15) is 4.79 Å². The van der Waals surface area contributed by atoms with E-state index in [-0.39, 0.29) is 5.91 Å². The Labute approximate surface area is 141 Å². The average Bonchev–Trinajstić information content (AvgIpc) is 2.56. The Morgan fingerprint density at radius 2 is 1.95 bits per heavy atom. The van der Waals surface area contributed by atoms with Gasteiger partial charge in [0.1, 0.15) is 0 Å². The van der Waals surface area contributed by atoms with Gasteiger partial charge in [-0.25, -0.2) is 4.99 Å². The van der Waals surface area contributed by atoms with Gasteiger partial charge in [-0.05, 0) is 42.1 Å². The van der Waals surface area contributed by atoms with E-state index < -0.39 is 0 Å². The van der Waals surface area contributed by atoms with Gasteiger partial charge in [0, 0.05) is 11.0 Å². The average molecular weight is 376 g/mol. The van der Waals surface area contributed by atoms with Crippen molar-refractivity contribution < 1.29 is 4.79 Å². The highest BCUT2D eigenvalue weighted by Crippen LogP contribution is 2.30. The summed E-state index contributed by atoms with van der Waals surface area (Å²) in [7, 11) is 0. The molecule has 4 nitrogen and oxygen atoms in total. The van der Waals surface area contributed by atoms with Gasteiger partial charge in [-0.3, -0.25) is 4.79 Å². The van der Waals surface area contributed by atoms with Gasteiger partial charge >= 0.3 is 0 Å². The number of para-hydroxylation sites is 1. The van der Waals surface area contributed by atoms with Crippen LogP contribution >= 0.6 is 27.9 Å². The first-order valence-corrected chi connectivity index (χ1v) is 8.47. The van der Waals surface area contributed by atoms with E-state index in [4.69, 9.17) is 0 Å². The van der Waals surface area contributed by atoms with Crippen molar-refractivity contribution in [3.63, 3.8) is 0 Å². The molecular weight excluding hydrogens is 362 g/mol. The van der Waals surface area contributed by atoms with Gasteiger partial charge < -0.3 is 10.0 Å². The number of benzene rings is 2. The van der Waals surface area contributed by atoms with Crippen molar-refractivity contribution in [1.29, 1.82) is 0 Å². The smallest absolute Gasteiger partial charge is 0.287 e. The van der Waals surface area contributed by atoms with Crippen LogP contribution in [0.2, 0.25) is 0 Å². The highest BCUT2D eigenvalue weighted by Gasteiger charge is 2.17. The minimum Gasteiger partial charge on any atom is -0.349 e. The highest BCUT2D eigenvalue weighted by atomic mass is 79.9. The number of hydrogen-bond donors (Lipinski definition) is 2. The Kier molecular flexibility index (Phi) is 4.80. The topological polar surface area (TPSA) is 53.5 Å². The molecule has 0 aliphatic carbocycles. The summed E-state index contributed by atoms with van der Waals surface area (Å²) in [5.41, 5.74) is 1.99. The number of amides is 1. The van der Waals surface area contributed by atoms with Crippen LogP contribution < -0.4 is 10.0 Å². The number of nitrogens with zero attached hydrogens (tertiary/aromatic N) is 1. The Balaban J connectivity index is 1.59. The summed E-state index contributed by atoms with van der Waals surface area (Å²) in [6, 6.07) is 15.7. The first-order valence-electron chi connectivity index (χ1n) is 6.86. The predicted octanol–water partition coefficient (Wildman–Crippen LogP) is 3.45. The molecule has 0 saturated carbocycles. The fourth-order valence-electron chi connectivity index (χ4n) is 2.08. The van der Waals surface area contributed by atoms with Crippen LogP contribution in [0.1, 0.15) is 5.56 Å². The van der Waals surface area contributed by atoms with Crippen LogP contribution in [0.5, 0.6) is 0 Å². The van der Waals surface area contributed by atoms with Gasteiger partial charge in [0.25, 0.3) is 5.91 Å². The second-order valence-electron chi connectivity index (χ2n) is 4.73. The van der Waals surface area contributed by atoms with Crippen molar-refractivity contribution in [3.05, 3.63) is 58.6 Å². The highest BCUT2D eigenvalue weighted by molar-refractivity contribution is 9.10. The maximum absolute atomic E-state index is 12.2. The number of aliphatic imine (C=N–C) groups is 1. The summed E-state index contributed by atoms with van der Waals surface area (Å²) >= 11 is 4.91. The molecule has 1 aliphatic heterocycles. The zero-order valence-corrected chi connectivity index (χ0v) is 14.1. The van der Waals surface area contributed by atoms with E-state index in [0.29, 0.717) is 12.4 Å². The van der Waals surface area contributed by atoms with Gasteiger partial charge in [-0.1, -0.05) is 46.3 Å². The van der Waals surface area contributed by atoms with Crippen LogP contribution in [0, 0.1) is 0 Å². The molecule has 0 fully saturated rings. The molecule has 2 N–H and O–H groups in total. The summed E-state index contributed by atoms with van der Waals surface area (Å²) in [6.07, 6.45) is 0.768. The van der Waals surface area contributed by atoms with Gasteiger partial charge in [-0.2, -0.15) is 0 Å². The van der Waals surface area contributed by atoms with Crippen LogP contribution in [0.3, 0.4) is 0 Å². The molecule has 0 spiro atoms. The number of hydrogen-bond acceptors (Lipinski definition) is 4. The maximum Gasteiger partial charge on any atom is 0.287 e. The minimum atomic E-state index is -0.186. The normalized spacial score (nSPS) is 12.9. The summed E-state index contributed by atoms with van der Waals surface area (Å²) in [5.74, 6) is 0.157. The Bertz CT molecular complexity index is 733. The summed E-state index contributed by atoms with van der Waals surface area (Å²) < 4.78 is 4.04. The van der Waals surface area contributed by atoms with E-state index in [1.54, 1.807) is 0 Å². The quantitative estimate of drug-likeness (QED) is 0.804. The van der Waals surface area contributed by atoms with Gasteiger partial charge in [0.2, 0.25) is 5.84 Å². The Morgan fingerprint density at radius 1 is 1.18 bits per heavy atom. The standard InChI is InChI=1S/C16H14BrN3OS/c17-12-6-2-1-5-11(12)9-10-18-16(21)15-19-13-7-3-4-8-14(13)22-20-15/h1-8H,9-10H2,(H,18,21)(H,19,20). The molecule has 3 rings (SSSR count). The number of fused-ring (bicyclic) bond motifs is 1.